The third kappa shape index (κ3) is 3.09. The molecule has 3 rings (SSSR count). The molecule has 3 nitrogen and oxygen atoms in total. The zero-order valence-corrected chi connectivity index (χ0v) is 14.8. The van der Waals surface area contributed by atoms with Gasteiger partial charge < -0.3 is 10.3 Å². The van der Waals surface area contributed by atoms with Gasteiger partial charge in [-0.3, -0.25) is 4.79 Å². The predicted octanol–water partition coefficient (Wildman–Crippen LogP) is 4.51. The van der Waals surface area contributed by atoms with Crippen molar-refractivity contribution in [3.05, 3.63) is 69.2 Å². The second-order valence-electron chi connectivity index (χ2n) is 5.85. The topological polar surface area (TPSA) is 48.0 Å². The van der Waals surface area contributed by atoms with Crippen molar-refractivity contribution in [3.63, 3.8) is 0 Å². The first kappa shape index (κ1) is 17.4. The van der Waals surface area contributed by atoms with Gasteiger partial charge in [0.25, 0.3) is 5.91 Å². The van der Waals surface area contributed by atoms with Gasteiger partial charge in [-0.15, -0.1) is 0 Å². The second-order valence-corrected chi connectivity index (χ2v) is 6.63. The van der Waals surface area contributed by atoms with Crippen LogP contribution in [0.3, 0.4) is 0 Å². The summed E-state index contributed by atoms with van der Waals surface area (Å²) in [5.74, 6) is -2.24. The number of amides is 1. The van der Waals surface area contributed by atoms with Crippen molar-refractivity contribution in [2.24, 2.45) is 5.73 Å². The lowest BCUT2D eigenvalue weighted by molar-refractivity contribution is 0.1000. The van der Waals surface area contributed by atoms with Crippen LogP contribution in [0.4, 0.5) is 8.78 Å². The van der Waals surface area contributed by atoms with Crippen molar-refractivity contribution in [2.75, 3.05) is 0 Å². The first-order valence-electron chi connectivity index (χ1n) is 7.92. The number of nitrogens with two attached hydrogens (primary N) is 1. The van der Waals surface area contributed by atoms with E-state index in [1.54, 1.807) is 17.4 Å². The van der Waals surface area contributed by atoms with Gasteiger partial charge >= 0.3 is 0 Å². The Morgan fingerprint density at radius 1 is 1.24 bits per heavy atom. The Kier molecular flexibility index (Phi) is 4.72. The number of aromatic nitrogens is 1. The number of hydrogen-bond acceptors (Lipinski definition) is 2. The fourth-order valence-electron chi connectivity index (χ4n) is 3.22. The Bertz CT molecular complexity index is 930. The molecule has 1 aromatic carbocycles. The zero-order chi connectivity index (χ0) is 18.1. The first-order chi connectivity index (χ1) is 11.9. The van der Waals surface area contributed by atoms with Crippen LogP contribution in [0.1, 0.15) is 34.2 Å². The Morgan fingerprint density at radius 3 is 2.56 bits per heavy atom. The molecule has 3 aromatic rings. The van der Waals surface area contributed by atoms with Crippen LogP contribution in [0.15, 0.2) is 35.0 Å². The molecular weight excluding hydrogens is 342 g/mol. The molecule has 0 fully saturated rings. The van der Waals surface area contributed by atoms with E-state index in [2.05, 4.69) is 0 Å². The normalized spacial score (nSPS) is 11.0. The minimum atomic E-state index is -0.881. The zero-order valence-electron chi connectivity index (χ0n) is 14.0. The van der Waals surface area contributed by atoms with Crippen LogP contribution in [-0.2, 0) is 13.0 Å². The number of thiophene rings is 1. The summed E-state index contributed by atoms with van der Waals surface area (Å²) in [5, 5.41) is 3.92. The molecule has 130 valence electrons. The molecule has 0 bridgehead atoms. The lowest BCUT2D eigenvalue weighted by atomic mass is 10.0. The predicted molar refractivity (Wildman–Crippen MR) is 95.8 cm³/mol. The van der Waals surface area contributed by atoms with Crippen LogP contribution in [0.25, 0.3) is 11.1 Å². The minimum Gasteiger partial charge on any atom is -0.366 e. The molecule has 0 saturated heterocycles. The Hall–Kier alpha value is -2.47. The molecule has 1 amide bonds. The van der Waals surface area contributed by atoms with Crippen molar-refractivity contribution < 1.29 is 13.6 Å². The van der Waals surface area contributed by atoms with E-state index in [4.69, 9.17) is 5.73 Å². The monoisotopic (exact) mass is 360 g/mol. The quantitative estimate of drug-likeness (QED) is 0.715. The van der Waals surface area contributed by atoms with Crippen LogP contribution >= 0.6 is 11.3 Å². The molecule has 2 N–H and O–H groups in total. The van der Waals surface area contributed by atoms with E-state index in [9.17, 15) is 13.6 Å². The van der Waals surface area contributed by atoms with Crippen LogP contribution in [0, 0.1) is 18.6 Å². The van der Waals surface area contributed by atoms with E-state index >= 15 is 0 Å². The lowest BCUT2D eigenvalue weighted by Gasteiger charge is -2.12. The fraction of sp³-hybridized carbons (Fsp3) is 0.211. The average molecular weight is 360 g/mol. The summed E-state index contributed by atoms with van der Waals surface area (Å²) in [7, 11) is 0. The number of carbonyl (C=O) groups is 1. The van der Waals surface area contributed by atoms with Gasteiger partial charge in [0.1, 0.15) is 0 Å². The van der Waals surface area contributed by atoms with Crippen LogP contribution < -0.4 is 5.73 Å². The molecule has 0 aliphatic carbocycles. The van der Waals surface area contributed by atoms with Gasteiger partial charge in [0.15, 0.2) is 11.6 Å². The van der Waals surface area contributed by atoms with Gasteiger partial charge in [-0.2, -0.15) is 11.3 Å². The molecule has 25 heavy (non-hydrogen) atoms. The molecule has 2 heterocycles. The maximum absolute atomic E-state index is 13.5. The molecule has 2 aromatic heterocycles. The van der Waals surface area contributed by atoms with Crippen molar-refractivity contribution in [2.45, 2.75) is 26.8 Å². The summed E-state index contributed by atoms with van der Waals surface area (Å²) in [5.41, 5.74) is 10.2. The smallest absolute Gasteiger partial charge is 0.251 e. The van der Waals surface area contributed by atoms with Crippen molar-refractivity contribution >= 4 is 17.2 Å². The fourth-order valence-corrected chi connectivity index (χ4v) is 3.87. The largest absolute Gasteiger partial charge is 0.366 e. The summed E-state index contributed by atoms with van der Waals surface area (Å²) in [6, 6.07) is 5.80. The standard InChI is InChI=1S/C19H18F2N2OS/c1-3-16-18(13-6-7-25-10-13)17(19(22)24)11(2)23(16)9-12-4-5-14(20)15(21)8-12/h4-8,10H,3,9H2,1-2H3,(H2,22,24). The van der Waals surface area contributed by atoms with E-state index in [0.717, 1.165) is 28.6 Å². The van der Waals surface area contributed by atoms with E-state index in [1.807, 2.05) is 35.2 Å². The number of nitrogens with zero attached hydrogens (tertiary/aromatic N) is 1. The summed E-state index contributed by atoms with van der Waals surface area (Å²) < 4.78 is 28.7. The van der Waals surface area contributed by atoms with Crippen molar-refractivity contribution in [3.8, 4) is 11.1 Å². The van der Waals surface area contributed by atoms with E-state index in [-0.39, 0.29) is 0 Å². The van der Waals surface area contributed by atoms with E-state index in [1.165, 1.54) is 6.07 Å². The Balaban J connectivity index is 2.18. The highest BCUT2D eigenvalue weighted by Crippen LogP contribution is 2.34. The van der Waals surface area contributed by atoms with Crippen molar-refractivity contribution in [1.82, 2.24) is 4.57 Å². The number of hydrogen-bond donors (Lipinski definition) is 1. The third-order valence-electron chi connectivity index (χ3n) is 4.35. The summed E-state index contributed by atoms with van der Waals surface area (Å²) in [6.07, 6.45) is 0.684. The van der Waals surface area contributed by atoms with E-state index in [0.29, 0.717) is 24.1 Å². The van der Waals surface area contributed by atoms with Gasteiger partial charge in [0.2, 0.25) is 0 Å². The first-order valence-corrected chi connectivity index (χ1v) is 8.86. The SMILES string of the molecule is CCc1c(-c2ccsc2)c(C(N)=O)c(C)n1Cc1ccc(F)c(F)c1. The molecule has 0 radical (unpaired) electrons. The third-order valence-corrected chi connectivity index (χ3v) is 5.03. The van der Waals surface area contributed by atoms with Gasteiger partial charge in [0, 0.05) is 23.5 Å². The van der Waals surface area contributed by atoms with Crippen LogP contribution in [0.2, 0.25) is 0 Å². The minimum absolute atomic E-state index is 0.344. The Morgan fingerprint density at radius 2 is 2.00 bits per heavy atom. The second kappa shape index (κ2) is 6.80. The number of halogens is 2. The highest BCUT2D eigenvalue weighted by Gasteiger charge is 2.24. The number of benzene rings is 1. The molecule has 0 atom stereocenters. The summed E-state index contributed by atoms with van der Waals surface area (Å²) >= 11 is 1.54. The highest BCUT2D eigenvalue weighted by molar-refractivity contribution is 7.08. The molecule has 0 spiro atoms. The van der Waals surface area contributed by atoms with Crippen LogP contribution in [-0.4, -0.2) is 10.5 Å². The maximum Gasteiger partial charge on any atom is 0.251 e. The summed E-state index contributed by atoms with van der Waals surface area (Å²) in [6.45, 7) is 4.17. The maximum atomic E-state index is 13.5. The van der Waals surface area contributed by atoms with E-state index < -0.39 is 17.5 Å². The van der Waals surface area contributed by atoms with Gasteiger partial charge in [-0.05, 0) is 53.4 Å². The molecule has 0 aliphatic rings. The van der Waals surface area contributed by atoms with Crippen LogP contribution in [0.5, 0.6) is 0 Å². The van der Waals surface area contributed by atoms with Gasteiger partial charge in [-0.25, -0.2) is 8.78 Å². The molecular formula is C19H18F2N2OS. The summed E-state index contributed by atoms with van der Waals surface area (Å²) in [4.78, 5) is 12.1. The molecule has 0 saturated carbocycles. The number of carbonyl (C=O) groups excluding carboxylic acids is 1. The highest BCUT2D eigenvalue weighted by atomic mass is 32.1. The average Bonchev–Trinajstić information content (AvgIpc) is 3.18. The van der Waals surface area contributed by atoms with Crippen molar-refractivity contribution in [1.29, 1.82) is 0 Å². The number of rotatable bonds is 5. The molecule has 0 unspecified atom stereocenters. The molecule has 6 heteroatoms. The van der Waals surface area contributed by atoms with Gasteiger partial charge in [-0.1, -0.05) is 13.0 Å². The Labute approximate surface area is 148 Å². The molecule has 0 aliphatic heterocycles. The number of primary amides is 1. The van der Waals surface area contributed by atoms with Gasteiger partial charge in [0.05, 0.1) is 5.56 Å². The lowest BCUT2D eigenvalue weighted by Crippen LogP contribution is -2.13.